The van der Waals surface area contributed by atoms with Gasteiger partial charge in [0.15, 0.2) is 28.9 Å². The predicted molar refractivity (Wildman–Crippen MR) is 241 cm³/mol. The smallest absolute Gasteiger partial charge is 0.416 e. The van der Waals surface area contributed by atoms with Crippen molar-refractivity contribution in [2.24, 2.45) is 0 Å². The van der Waals surface area contributed by atoms with Crippen LogP contribution in [0.2, 0.25) is 0 Å². The first-order chi connectivity index (χ1) is 33.8. The van der Waals surface area contributed by atoms with Crippen molar-refractivity contribution in [1.82, 2.24) is 19.9 Å². The van der Waals surface area contributed by atoms with Gasteiger partial charge in [-0.3, -0.25) is 19.4 Å². The fraction of sp³-hybridized carbons (Fsp3) is 0.306. The Morgan fingerprint density at radius 3 is 1.66 bits per heavy atom. The molecule has 2 aromatic carbocycles. The third-order valence-corrected chi connectivity index (χ3v) is 10.9. The third kappa shape index (κ3) is 12.1. The molecule has 2 amide bonds. The molecule has 6 aromatic rings. The lowest BCUT2D eigenvalue weighted by Crippen LogP contribution is -2.38. The Kier molecular flexibility index (Phi) is 14.7. The van der Waals surface area contributed by atoms with E-state index in [0.29, 0.717) is 23.7 Å². The second-order valence-corrected chi connectivity index (χ2v) is 16.5. The number of rotatable bonds is 11. The molecule has 1 saturated heterocycles. The van der Waals surface area contributed by atoms with Gasteiger partial charge in [0, 0.05) is 46.8 Å². The maximum Gasteiger partial charge on any atom is 0.416 e. The fourth-order valence-corrected chi connectivity index (χ4v) is 7.43. The van der Waals surface area contributed by atoms with Gasteiger partial charge in [0.25, 0.3) is 11.8 Å². The number of ether oxygens (including phenoxy) is 6. The average molecular weight is 991 g/mol. The van der Waals surface area contributed by atoms with Gasteiger partial charge in [-0.2, -0.15) is 26.3 Å². The van der Waals surface area contributed by atoms with Crippen LogP contribution < -0.4 is 28.7 Å². The van der Waals surface area contributed by atoms with Crippen LogP contribution in [0.3, 0.4) is 0 Å². The Morgan fingerprint density at radius 2 is 1.21 bits per heavy atom. The summed E-state index contributed by atoms with van der Waals surface area (Å²) in [4.78, 5) is 46.6. The van der Waals surface area contributed by atoms with Crippen molar-refractivity contribution < 1.29 is 74.6 Å². The van der Waals surface area contributed by atoms with E-state index in [1.165, 1.54) is 70.7 Å². The second kappa shape index (κ2) is 20.9. The van der Waals surface area contributed by atoms with Crippen molar-refractivity contribution in [1.29, 1.82) is 0 Å². The number of hydrogen-bond donors (Lipinski definition) is 2. The average Bonchev–Trinajstić information content (AvgIpc) is 3.73. The molecular formula is C49H44F6N6O10. The largest absolute Gasteiger partial charge is 0.488 e. The molecule has 7 heterocycles. The quantitative estimate of drug-likeness (QED) is 0.120. The molecule has 0 spiro atoms. The van der Waals surface area contributed by atoms with Crippen LogP contribution in [0.25, 0.3) is 22.5 Å². The molecule has 2 atom stereocenters. The minimum Gasteiger partial charge on any atom is -0.488 e. The molecule has 372 valence electrons. The van der Waals surface area contributed by atoms with Gasteiger partial charge in [-0.1, -0.05) is 24.3 Å². The summed E-state index contributed by atoms with van der Waals surface area (Å²) >= 11 is 0. The van der Waals surface area contributed by atoms with Gasteiger partial charge < -0.3 is 38.6 Å². The highest BCUT2D eigenvalue weighted by molar-refractivity contribution is 6.07. The number of carbonyl (C=O) groups is 2. The number of aliphatic hydroxyl groups is 2. The molecule has 1 fully saturated rings. The molecule has 9 rings (SSSR count). The Morgan fingerprint density at radius 1 is 0.718 bits per heavy atom. The van der Waals surface area contributed by atoms with E-state index in [1.807, 2.05) is 13.8 Å². The number of pyridine rings is 4. The van der Waals surface area contributed by atoms with Crippen molar-refractivity contribution in [3.05, 3.63) is 132 Å². The standard InChI is InChI=1S/C26H24F3N3O5.C23H20F3N3O5/c1-25(2)36-15-19(37-25)14-35-22-13-17(8-9-30-22)24(33)32-10-11-34-21-7-6-20(31-23(21)32)16-4-3-5-18(12-16)26(27,28)29;24-23(25,26)16-3-1-2-14(10-16)18-4-5-19-21(28-18)29(8-9-33-19)22(32)15-6-7-27-20(11-15)34-13-17(31)12-30/h3-9,12-13,19H,10-11,14-15H2,1-2H3;1-7,10-11,17,30-31H,8-9,12-13H2. The topological polar surface area (TPSA) is 188 Å². The van der Waals surface area contributed by atoms with E-state index < -0.39 is 47.9 Å². The number of aromatic nitrogens is 4. The summed E-state index contributed by atoms with van der Waals surface area (Å²) in [6.45, 7) is 4.37. The van der Waals surface area contributed by atoms with Crippen molar-refractivity contribution in [3.8, 4) is 45.8 Å². The minimum absolute atomic E-state index is 0.0810. The number of nitrogens with zero attached hydrogens (tertiary/aromatic N) is 6. The summed E-state index contributed by atoms with van der Waals surface area (Å²) in [6.07, 6.45) is -7.51. The van der Waals surface area contributed by atoms with E-state index in [1.54, 1.807) is 24.3 Å². The van der Waals surface area contributed by atoms with Gasteiger partial charge in [0.2, 0.25) is 11.8 Å². The lowest BCUT2D eigenvalue weighted by atomic mass is 10.1. The SMILES string of the molecule is CC1(C)OCC(COc2cc(C(=O)N3CCOc4ccc(-c5cccc(C(F)(F)F)c5)nc43)ccn2)O1.O=C(c1ccnc(OCC(O)CO)c1)N1CCOc2ccc(-c3cccc(C(F)(F)F)c3)nc21. The number of halogens is 6. The summed E-state index contributed by atoms with van der Waals surface area (Å²) in [6, 6.07) is 21.9. The molecule has 71 heavy (non-hydrogen) atoms. The molecule has 2 N–H and O–H groups in total. The zero-order chi connectivity index (χ0) is 50.5. The maximum atomic E-state index is 13.4. The minimum atomic E-state index is -4.50. The summed E-state index contributed by atoms with van der Waals surface area (Å²) in [5.41, 5.74) is 0.0174. The molecule has 3 aliphatic heterocycles. The van der Waals surface area contributed by atoms with Crippen LogP contribution in [0, 0.1) is 0 Å². The summed E-state index contributed by atoms with van der Waals surface area (Å²) in [5, 5.41) is 18.3. The van der Waals surface area contributed by atoms with Crippen molar-refractivity contribution in [2.45, 2.75) is 44.2 Å². The highest BCUT2D eigenvalue weighted by Gasteiger charge is 2.35. The molecule has 16 nitrogen and oxygen atoms in total. The fourth-order valence-electron chi connectivity index (χ4n) is 7.43. The van der Waals surface area contributed by atoms with E-state index >= 15 is 0 Å². The van der Waals surface area contributed by atoms with Crippen LogP contribution in [-0.4, -0.2) is 113 Å². The molecule has 0 radical (unpaired) electrons. The first-order valence-corrected chi connectivity index (χ1v) is 21.9. The van der Waals surface area contributed by atoms with Gasteiger partial charge in [0.05, 0.1) is 48.8 Å². The van der Waals surface area contributed by atoms with E-state index in [0.717, 1.165) is 24.3 Å². The number of amides is 2. The summed E-state index contributed by atoms with van der Waals surface area (Å²) < 4.78 is 112. The molecule has 0 bridgehead atoms. The van der Waals surface area contributed by atoms with Gasteiger partial charge in [0.1, 0.15) is 38.6 Å². The Labute approximate surface area is 401 Å². The molecule has 3 aliphatic rings. The Bertz CT molecular complexity index is 2890. The van der Waals surface area contributed by atoms with Crippen molar-refractivity contribution in [3.63, 3.8) is 0 Å². The van der Waals surface area contributed by atoms with Crippen molar-refractivity contribution >= 4 is 23.5 Å². The lowest BCUT2D eigenvalue weighted by molar-refractivity contribution is -0.141. The molecule has 0 aliphatic carbocycles. The van der Waals surface area contributed by atoms with Gasteiger partial charge >= 0.3 is 12.4 Å². The zero-order valence-corrected chi connectivity index (χ0v) is 37.8. The highest BCUT2D eigenvalue weighted by atomic mass is 19.4. The Hall–Kier alpha value is -7.40. The van der Waals surface area contributed by atoms with Gasteiger partial charge in [-0.15, -0.1) is 0 Å². The van der Waals surface area contributed by atoms with E-state index in [9.17, 15) is 41.0 Å². The van der Waals surface area contributed by atoms with Crippen LogP contribution in [0.15, 0.2) is 109 Å². The third-order valence-electron chi connectivity index (χ3n) is 10.9. The number of carbonyl (C=O) groups excluding carboxylic acids is 2. The molecular weight excluding hydrogens is 947 g/mol. The van der Waals surface area contributed by atoms with E-state index in [-0.39, 0.29) is 103 Å². The lowest BCUT2D eigenvalue weighted by Gasteiger charge is -2.29. The Balaban J connectivity index is 0.000000191. The number of alkyl halides is 6. The molecule has 4 aromatic heterocycles. The van der Waals surface area contributed by atoms with Crippen LogP contribution in [0.5, 0.6) is 23.3 Å². The number of aliphatic hydroxyl groups excluding tert-OH is 2. The van der Waals surface area contributed by atoms with Crippen LogP contribution in [0.1, 0.15) is 45.7 Å². The molecule has 0 saturated carbocycles. The first-order valence-electron chi connectivity index (χ1n) is 21.9. The summed E-state index contributed by atoms with van der Waals surface area (Å²) in [7, 11) is 0. The van der Waals surface area contributed by atoms with Gasteiger partial charge in [-0.25, -0.2) is 19.9 Å². The van der Waals surface area contributed by atoms with E-state index in [4.69, 9.17) is 33.5 Å². The van der Waals surface area contributed by atoms with E-state index in [2.05, 4.69) is 19.9 Å². The number of anilines is 2. The number of fused-ring (bicyclic) bond motifs is 2. The number of hydrogen-bond acceptors (Lipinski definition) is 14. The van der Waals surface area contributed by atoms with Crippen LogP contribution >= 0.6 is 0 Å². The molecule has 2 unspecified atom stereocenters. The molecule has 22 heteroatoms. The van der Waals surface area contributed by atoms with Gasteiger partial charge in [-0.05, 0) is 74.5 Å². The maximum absolute atomic E-state index is 13.4. The zero-order valence-electron chi connectivity index (χ0n) is 37.8. The number of benzene rings is 2. The summed E-state index contributed by atoms with van der Waals surface area (Å²) in [5.74, 6) is -0.0571. The van der Waals surface area contributed by atoms with Crippen LogP contribution in [-0.2, 0) is 21.8 Å². The monoisotopic (exact) mass is 990 g/mol. The van der Waals surface area contributed by atoms with Crippen molar-refractivity contribution in [2.75, 3.05) is 62.5 Å². The normalized spacial score (nSPS) is 16.6. The second-order valence-electron chi connectivity index (χ2n) is 16.5. The predicted octanol–water partition coefficient (Wildman–Crippen LogP) is 7.67. The first kappa shape index (κ1) is 50.0. The highest BCUT2D eigenvalue weighted by Crippen LogP contribution is 2.38. The van der Waals surface area contributed by atoms with Crippen LogP contribution in [0.4, 0.5) is 38.0 Å².